The minimum Gasteiger partial charge on any atom is -0.462 e. The second kappa shape index (κ2) is 6.36. The van der Waals surface area contributed by atoms with Gasteiger partial charge >= 0.3 is 5.97 Å². The van der Waals surface area contributed by atoms with E-state index in [9.17, 15) is 9.59 Å². The zero-order valence-electron chi connectivity index (χ0n) is 11.9. The summed E-state index contributed by atoms with van der Waals surface area (Å²) in [6.45, 7) is 8.06. The van der Waals surface area contributed by atoms with Gasteiger partial charge in [-0.2, -0.15) is 5.10 Å². The Bertz CT molecular complexity index is 452. The first-order valence-electron chi connectivity index (χ1n) is 6.38. The van der Waals surface area contributed by atoms with Crippen LogP contribution in [0.25, 0.3) is 0 Å². The molecule has 0 aliphatic carbocycles. The van der Waals surface area contributed by atoms with Gasteiger partial charge in [-0.15, -0.1) is 0 Å². The zero-order valence-corrected chi connectivity index (χ0v) is 11.9. The van der Waals surface area contributed by atoms with Gasteiger partial charge in [0.2, 0.25) is 5.91 Å². The van der Waals surface area contributed by atoms with E-state index in [-0.39, 0.29) is 18.0 Å². The molecule has 1 aromatic rings. The lowest BCUT2D eigenvalue weighted by molar-refractivity contribution is -0.123. The first kappa shape index (κ1) is 15.2. The van der Waals surface area contributed by atoms with Crippen molar-refractivity contribution >= 4 is 11.9 Å². The molecule has 0 saturated carbocycles. The maximum atomic E-state index is 11.8. The predicted molar refractivity (Wildman–Crippen MR) is 70.7 cm³/mol. The van der Waals surface area contributed by atoms with Crippen molar-refractivity contribution in [2.24, 2.45) is 0 Å². The summed E-state index contributed by atoms with van der Waals surface area (Å²) in [5, 5.41) is 6.87. The van der Waals surface area contributed by atoms with Crippen LogP contribution in [-0.4, -0.2) is 33.8 Å². The van der Waals surface area contributed by atoms with Gasteiger partial charge in [-0.25, -0.2) is 4.79 Å². The molecular formula is C13H21N3O3. The lowest BCUT2D eigenvalue weighted by atomic mass is 10.0. The van der Waals surface area contributed by atoms with Crippen LogP contribution >= 0.6 is 0 Å². The van der Waals surface area contributed by atoms with Gasteiger partial charge < -0.3 is 10.1 Å². The molecule has 0 spiro atoms. The van der Waals surface area contributed by atoms with Gasteiger partial charge in [0.15, 0.2) is 0 Å². The summed E-state index contributed by atoms with van der Waals surface area (Å²) in [5.41, 5.74) is 0.109. The number of amides is 1. The molecule has 0 unspecified atom stereocenters. The van der Waals surface area contributed by atoms with Crippen molar-refractivity contribution in [3.05, 3.63) is 18.0 Å². The number of esters is 1. The third-order valence-corrected chi connectivity index (χ3v) is 2.81. The van der Waals surface area contributed by atoms with Crippen LogP contribution in [0.5, 0.6) is 0 Å². The summed E-state index contributed by atoms with van der Waals surface area (Å²) >= 11 is 0. The van der Waals surface area contributed by atoms with Crippen LogP contribution in [0.3, 0.4) is 0 Å². The Kier molecular flexibility index (Phi) is 5.09. The largest absolute Gasteiger partial charge is 0.462 e. The molecule has 0 saturated heterocycles. The highest BCUT2D eigenvalue weighted by atomic mass is 16.5. The molecule has 0 atom stereocenters. The molecule has 6 nitrogen and oxygen atoms in total. The topological polar surface area (TPSA) is 73.2 Å². The average molecular weight is 267 g/mol. The summed E-state index contributed by atoms with van der Waals surface area (Å²) in [6, 6.07) is 0. The number of rotatable bonds is 6. The Morgan fingerprint density at radius 2 is 2.11 bits per heavy atom. The first-order valence-corrected chi connectivity index (χ1v) is 6.38. The highest BCUT2D eigenvalue weighted by Gasteiger charge is 2.18. The fraction of sp³-hybridized carbons (Fsp3) is 0.615. The number of carbonyl (C=O) groups is 2. The summed E-state index contributed by atoms with van der Waals surface area (Å²) in [6.07, 6.45) is 3.75. The standard InChI is InChI=1S/C13H21N3O3/c1-5-13(3,4)15-11(17)9-16-8-10(7-14-16)12(18)19-6-2/h7-8H,5-6,9H2,1-4H3,(H,15,17). The van der Waals surface area contributed by atoms with E-state index >= 15 is 0 Å². The second-order valence-electron chi connectivity index (χ2n) is 4.93. The Balaban J connectivity index is 2.59. The van der Waals surface area contributed by atoms with Crippen molar-refractivity contribution in [2.45, 2.75) is 46.2 Å². The van der Waals surface area contributed by atoms with Crippen LogP contribution in [0.1, 0.15) is 44.5 Å². The lowest BCUT2D eigenvalue weighted by Gasteiger charge is -2.24. The third kappa shape index (κ3) is 4.73. The van der Waals surface area contributed by atoms with Crippen molar-refractivity contribution in [3.63, 3.8) is 0 Å². The Labute approximate surface area is 113 Å². The maximum Gasteiger partial charge on any atom is 0.341 e. The lowest BCUT2D eigenvalue weighted by Crippen LogP contribution is -2.44. The van der Waals surface area contributed by atoms with E-state index in [0.717, 1.165) is 6.42 Å². The van der Waals surface area contributed by atoms with E-state index in [1.165, 1.54) is 17.1 Å². The SMILES string of the molecule is CCOC(=O)c1cnn(CC(=O)NC(C)(C)CC)c1. The quantitative estimate of drug-likeness (QED) is 0.790. The fourth-order valence-electron chi connectivity index (χ4n) is 1.42. The van der Waals surface area contributed by atoms with Gasteiger partial charge in [-0.05, 0) is 27.2 Å². The van der Waals surface area contributed by atoms with Gasteiger partial charge in [0.05, 0.1) is 18.4 Å². The summed E-state index contributed by atoms with van der Waals surface area (Å²) in [7, 11) is 0. The molecule has 1 heterocycles. The van der Waals surface area contributed by atoms with Crippen molar-refractivity contribution in [1.82, 2.24) is 15.1 Å². The maximum absolute atomic E-state index is 11.8. The van der Waals surface area contributed by atoms with E-state index < -0.39 is 5.97 Å². The summed E-state index contributed by atoms with van der Waals surface area (Å²) in [5.74, 6) is -0.562. The minimum atomic E-state index is -0.428. The Morgan fingerprint density at radius 1 is 1.42 bits per heavy atom. The second-order valence-corrected chi connectivity index (χ2v) is 4.93. The van der Waals surface area contributed by atoms with E-state index in [2.05, 4.69) is 10.4 Å². The van der Waals surface area contributed by atoms with Crippen LogP contribution in [0, 0.1) is 0 Å². The van der Waals surface area contributed by atoms with E-state index in [1.54, 1.807) is 6.92 Å². The van der Waals surface area contributed by atoms with Crippen molar-refractivity contribution in [3.8, 4) is 0 Å². The summed E-state index contributed by atoms with van der Waals surface area (Å²) in [4.78, 5) is 23.2. The van der Waals surface area contributed by atoms with Gasteiger partial charge in [0, 0.05) is 11.7 Å². The third-order valence-electron chi connectivity index (χ3n) is 2.81. The zero-order chi connectivity index (χ0) is 14.5. The molecule has 0 aromatic carbocycles. The number of carbonyl (C=O) groups excluding carboxylic acids is 2. The number of nitrogens with one attached hydrogen (secondary N) is 1. The van der Waals surface area contributed by atoms with E-state index in [1.807, 2.05) is 20.8 Å². The van der Waals surface area contributed by atoms with Crippen molar-refractivity contribution in [1.29, 1.82) is 0 Å². The normalized spacial score (nSPS) is 11.2. The van der Waals surface area contributed by atoms with Gasteiger partial charge in [0.1, 0.15) is 6.54 Å². The number of nitrogens with zero attached hydrogens (tertiary/aromatic N) is 2. The van der Waals surface area contributed by atoms with Crippen molar-refractivity contribution < 1.29 is 14.3 Å². The molecule has 106 valence electrons. The number of hydrogen-bond donors (Lipinski definition) is 1. The highest BCUT2D eigenvalue weighted by molar-refractivity contribution is 5.88. The van der Waals surface area contributed by atoms with Crippen molar-refractivity contribution in [2.75, 3.05) is 6.61 Å². The molecule has 1 rings (SSSR count). The molecular weight excluding hydrogens is 246 g/mol. The number of ether oxygens (including phenoxy) is 1. The van der Waals surface area contributed by atoms with E-state index in [0.29, 0.717) is 12.2 Å². The van der Waals surface area contributed by atoms with Gasteiger partial charge in [0.25, 0.3) is 0 Å². The minimum absolute atomic E-state index is 0.0861. The van der Waals surface area contributed by atoms with Crippen LogP contribution in [0.4, 0.5) is 0 Å². The first-order chi connectivity index (χ1) is 8.88. The van der Waals surface area contributed by atoms with E-state index in [4.69, 9.17) is 4.74 Å². The van der Waals surface area contributed by atoms with Gasteiger partial charge in [-0.3, -0.25) is 9.48 Å². The molecule has 1 aromatic heterocycles. The van der Waals surface area contributed by atoms with Gasteiger partial charge in [-0.1, -0.05) is 6.92 Å². The molecule has 6 heteroatoms. The molecule has 0 bridgehead atoms. The monoisotopic (exact) mass is 267 g/mol. The molecule has 1 amide bonds. The fourth-order valence-corrected chi connectivity index (χ4v) is 1.42. The van der Waals surface area contributed by atoms with Crippen LogP contribution < -0.4 is 5.32 Å². The number of hydrogen-bond acceptors (Lipinski definition) is 4. The molecule has 19 heavy (non-hydrogen) atoms. The molecule has 1 N–H and O–H groups in total. The smallest absolute Gasteiger partial charge is 0.341 e. The summed E-state index contributed by atoms with van der Waals surface area (Å²) < 4.78 is 6.28. The average Bonchev–Trinajstić information content (AvgIpc) is 2.77. The van der Waals surface area contributed by atoms with Crippen LogP contribution in [0.2, 0.25) is 0 Å². The molecule has 0 aliphatic heterocycles. The van der Waals surface area contributed by atoms with Crippen LogP contribution in [-0.2, 0) is 16.1 Å². The Hall–Kier alpha value is -1.85. The van der Waals surface area contributed by atoms with Crippen LogP contribution in [0.15, 0.2) is 12.4 Å². The predicted octanol–water partition coefficient (Wildman–Crippen LogP) is 1.36. The molecule has 0 fully saturated rings. The molecule has 0 radical (unpaired) electrons. The number of aromatic nitrogens is 2. The Morgan fingerprint density at radius 3 is 2.68 bits per heavy atom. The highest BCUT2D eigenvalue weighted by Crippen LogP contribution is 2.07. The molecule has 0 aliphatic rings.